The minimum atomic E-state index is 0.115. The topological polar surface area (TPSA) is 0 Å². The van der Waals surface area contributed by atoms with Gasteiger partial charge in [-0.1, -0.05) is 81.0 Å². The van der Waals surface area contributed by atoms with Gasteiger partial charge in [-0.25, -0.2) is 0 Å². The van der Waals surface area contributed by atoms with Gasteiger partial charge in [-0.3, -0.25) is 0 Å². The summed E-state index contributed by atoms with van der Waals surface area (Å²) in [6, 6.07) is 4.90. The second-order valence-electron chi connectivity index (χ2n) is 9.62. The van der Waals surface area contributed by atoms with Gasteiger partial charge in [0.15, 0.2) is 0 Å². The molecule has 24 heavy (non-hydrogen) atoms. The monoisotopic (exact) mass is 434 g/mol. The molecule has 0 bridgehead atoms. The molecule has 0 radical (unpaired) electrons. The van der Waals surface area contributed by atoms with Crippen molar-refractivity contribution in [2.45, 2.75) is 77.1 Å². The summed E-state index contributed by atoms with van der Waals surface area (Å²) in [7, 11) is 0. The van der Waals surface area contributed by atoms with Crippen molar-refractivity contribution in [2.24, 2.45) is 5.41 Å². The molecule has 0 aromatic heterocycles. The van der Waals surface area contributed by atoms with E-state index >= 15 is 0 Å². The van der Waals surface area contributed by atoms with E-state index in [1.165, 1.54) is 24.0 Å². The van der Waals surface area contributed by atoms with Crippen LogP contribution in [0.1, 0.15) is 83.6 Å². The minimum absolute atomic E-state index is 0.115. The molecule has 1 aromatic rings. The third-order valence-corrected chi connectivity index (χ3v) is 6.54. The molecular weight excluding hydrogens is 403 g/mol. The number of halogens is 1. The Morgan fingerprint density at radius 1 is 1.00 bits per heavy atom. The first-order valence-electron chi connectivity index (χ1n) is 9.13. The van der Waals surface area contributed by atoms with Gasteiger partial charge >= 0.3 is 0 Å². The molecule has 0 aliphatic heterocycles. The standard InChI is InChI=1S/C23H31I/c1-14-11-16(23(7,8)24)13-19-20(14)17-10-9-15(21(2,3)4)12-18(17)22(19,5)6/h11-13H,9-10H2,1-8H3. The summed E-state index contributed by atoms with van der Waals surface area (Å²) in [5.74, 6) is 0. The van der Waals surface area contributed by atoms with Gasteiger partial charge in [0.1, 0.15) is 0 Å². The predicted octanol–water partition coefficient (Wildman–Crippen LogP) is 7.48. The molecule has 1 heteroatoms. The van der Waals surface area contributed by atoms with Crippen LogP contribution in [0.4, 0.5) is 0 Å². The number of fused-ring (bicyclic) bond motifs is 2. The highest BCUT2D eigenvalue weighted by atomic mass is 127. The number of aryl methyl sites for hydroxylation is 1. The molecule has 0 heterocycles. The van der Waals surface area contributed by atoms with Crippen molar-refractivity contribution < 1.29 is 0 Å². The molecule has 0 saturated carbocycles. The van der Waals surface area contributed by atoms with Gasteiger partial charge in [0, 0.05) is 8.84 Å². The average molecular weight is 434 g/mol. The van der Waals surface area contributed by atoms with Crippen molar-refractivity contribution in [3.8, 4) is 0 Å². The fourth-order valence-corrected chi connectivity index (χ4v) is 4.62. The first-order valence-corrected chi connectivity index (χ1v) is 10.2. The van der Waals surface area contributed by atoms with Crippen LogP contribution in [0.5, 0.6) is 0 Å². The van der Waals surface area contributed by atoms with Crippen LogP contribution in [0.25, 0.3) is 5.57 Å². The Morgan fingerprint density at radius 3 is 2.17 bits per heavy atom. The van der Waals surface area contributed by atoms with Gasteiger partial charge in [0.05, 0.1) is 0 Å². The van der Waals surface area contributed by atoms with E-state index in [1.807, 2.05) is 0 Å². The summed E-state index contributed by atoms with van der Waals surface area (Å²) in [6.07, 6.45) is 4.94. The Morgan fingerprint density at radius 2 is 1.62 bits per heavy atom. The summed E-state index contributed by atoms with van der Waals surface area (Å²) in [6.45, 7) is 18.8. The van der Waals surface area contributed by atoms with Crippen LogP contribution in [-0.2, 0) is 8.84 Å². The predicted molar refractivity (Wildman–Crippen MR) is 115 cm³/mol. The molecule has 0 N–H and O–H groups in total. The van der Waals surface area contributed by atoms with E-state index in [2.05, 4.69) is 96.2 Å². The largest absolute Gasteiger partial charge is 0.0743 e. The molecular formula is C23H31I. The van der Waals surface area contributed by atoms with Gasteiger partial charge in [-0.05, 0) is 72.4 Å². The first kappa shape index (κ1) is 18.2. The van der Waals surface area contributed by atoms with Crippen molar-refractivity contribution in [2.75, 3.05) is 0 Å². The average Bonchev–Trinajstić information content (AvgIpc) is 2.66. The number of alkyl halides is 1. The Bertz CT molecular complexity index is 758. The van der Waals surface area contributed by atoms with E-state index in [0.717, 1.165) is 0 Å². The second kappa shape index (κ2) is 5.46. The van der Waals surface area contributed by atoms with Crippen molar-refractivity contribution >= 4 is 28.2 Å². The fraction of sp³-hybridized carbons (Fsp3) is 0.565. The Kier molecular flexibility index (Phi) is 4.15. The fourth-order valence-electron chi connectivity index (χ4n) is 4.31. The zero-order chi connectivity index (χ0) is 18.1. The van der Waals surface area contributed by atoms with E-state index in [9.17, 15) is 0 Å². The molecule has 0 amide bonds. The maximum absolute atomic E-state index is 2.57. The maximum Gasteiger partial charge on any atom is 0.0414 e. The van der Waals surface area contributed by atoms with Crippen molar-refractivity contribution in [1.29, 1.82) is 0 Å². The maximum atomic E-state index is 2.57. The molecule has 0 atom stereocenters. The number of benzene rings is 1. The van der Waals surface area contributed by atoms with E-state index < -0.39 is 0 Å². The van der Waals surface area contributed by atoms with Crippen LogP contribution in [0.15, 0.2) is 29.4 Å². The van der Waals surface area contributed by atoms with Crippen LogP contribution in [-0.4, -0.2) is 0 Å². The molecule has 0 saturated heterocycles. The SMILES string of the molecule is Cc1cc(C(C)(C)I)cc2c1C1=C(C=C(C(C)(C)C)CC1)C2(C)C. The summed E-state index contributed by atoms with van der Waals surface area (Å²) >= 11 is 2.57. The summed E-state index contributed by atoms with van der Waals surface area (Å²) in [5.41, 5.74) is 11.2. The minimum Gasteiger partial charge on any atom is -0.0743 e. The molecule has 0 nitrogen and oxygen atoms in total. The quantitative estimate of drug-likeness (QED) is 0.318. The van der Waals surface area contributed by atoms with Crippen LogP contribution in [0.3, 0.4) is 0 Å². The highest BCUT2D eigenvalue weighted by Crippen LogP contribution is 2.54. The molecule has 0 spiro atoms. The summed E-state index contributed by atoms with van der Waals surface area (Å²) in [5, 5.41) is 0. The first-order chi connectivity index (χ1) is 10.8. The van der Waals surface area contributed by atoms with Crippen LogP contribution >= 0.6 is 22.6 Å². The Balaban J connectivity index is 2.21. The lowest BCUT2D eigenvalue weighted by Gasteiger charge is -2.31. The normalized spacial score (nSPS) is 20.0. The number of hydrogen-bond donors (Lipinski definition) is 0. The van der Waals surface area contributed by atoms with Crippen LogP contribution in [0, 0.1) is 12.3 Å². The molecule has 1 aromatic carbocycles. The van der Waals surface area contributed by atoms with Crippen molar-refractivity contribution in [1.82, 2.24) is 0 Å². The van der Waals surface area contributed by atoms with Gasteiger partial charge < -0.3 is 0 Å². The van der Waals surface area contributed by atoms with Gasteiger partial charge in [0.2, 0.25) is 0 Å². The smallest absolute Gasteiger partial charge is 0.0414 e. The zero-order valence-corrected chi connectivity index (χ0v) is 18.7. The molecule has 2 aliphatic carbocycles. The molecule has 130 valence electrons. The van der Waals surface area contributed by atoms with Crippen molar-refractivity contribution in [3.63, 3.8) is 0 Å². The lowest BCUT2D eigenvalue weighted by atomic mass is 9.74. The van der Waals surface area contributed by atoms with Crippen molar-refractivity contribution in [3.05, 3.63) is 51.6 Å². The number of allylic oxidation sites excluding steroid dienone is 4. The van der Waals surface area contributed by atoms with Crippen LogP contribution < -0.4 is 0 Å². The van der Waals surface area contributed by atoms with Crippen LogP contribution in [0.2, 0.25) is 0 Å². The van der Waals surface area contributed by atoms with E-state index in [0.29, 0.717) is 0 Å². The summed E-state index contributed by atoms with van der Waals surface area (Å²) in [4.78, 5) is 0. The van der Waals surface area contributed by atoms with Gasteiger partial charge in [-0.2, -0.15) is 0 Å². The Labute approximate surface area is 162 Å². The number of hydrogen-bond acceptors (Lipinski definition) is 0. The van der Waals surface area contributed by atoms with E-state index in [4.69, 9.17) is 0 Å². The zero-order valence-electron chi connectivity index (χ0n) is 16.5. The highest BCUT2D eigenvalue weighted by molar-refractivity contribution is 14.1. The second-order valence-corrected chi connectivity index (χ2v) is 12.3. The summed E-state index contributed by atoms with van der Waals surface area (Å²) < 4.78 is 0.170. The van der Waals surface area contributed by atoms with E-state index in [-0.39, 0.29) is 14.3 Å². The molecule has 0 unspecified atom stereocenters. The Hall–Kier alpha value is -0.570. The lowest BCUT2D eigenvalue weighted by molar-refractivity contribution is 0.479. The number of rotatable bonds is 1. The molecule has 2 aliphatic rings. The van der Waals surface area contributed by atoms with E-state index in [1.54, 1.807) is 27.8 Å². The molecule has 0 fully saturated rings. The lowest BCUT2D eigenvalue weighted by Crippen LogP contribution is -2.20. The molecule has 3 rings (SSSR count). The third kappa shape index (κ3) is 2.81. The highest BCUT2D eigenvalue weighted by Gasteiger charge is 2.40. The third-order valence-electron chi connectivity index (χ3n) is 5.92. The van der Waals surface area contributed by atoms with Gasteiger partial charge in [0.25, 0.3) is 0 Å². The van der Waals surface area contributed by atoms with Gasteiger partial charge in [-0.15, -0.1) is 0 Å².